The van der Waals surface area contributed by atoms with E-state index in [0.717, 1.165) is 41.5 Å². The van der Waals surface area contributed by atoms with Gasteiger partial charge in [0.2, 0.25) is 0 Å². The Labute approximate surface area is 166 Å². The Morgan fingerprint density at radius 2 is 1.70 bits per heavy atom. The molecule has 1 aromatic rings. The van der Waals surface area contributed by atoms with E-state index in [2.05, 4.69) is 53.7 Å². The van der Waals surface area contributed by atoms with Gasteiger partial charge in [0, 0.05) is 5.92 Å². The molecule has 0 saturated carbocycles. The van der Waals surface area contributed by atoms with Crippen molar-refractivity contribution >= 4 is 0 Å². The highest BCUT2D eigenvalue weighted by Crippen LogP contribution is 2.46. The molecule has 1 aromatic carbocycles. The van der Waals surface area contributed by atoms with Crippen LogP contribution in [0.25, 0.3) is 0 Å². The van der Waals surface area contributed by atoms with Crippen molar-refractivity contribution in [3.8, 4) is 5.75 Å². The molecule has 0 radical (unpaired) electrons. The highest BCUT2D eigenvalue weighted by molar-refractivity contribution is 5.46. The molecule has 0 spiro atoms. The van der Waals surface area contributed by atoms with Crippen LogP contribution in [0.15, 0.2) is 35.1 Å². The third-order valence-corrected chi connectivity index (χ3v) is 5.74. The van der Waals surface area contributed by atoms with Crippen LogP contribution < -0.4 is 0 Å². The van der Waals surface area contributed by atoms with Crippen LogP contribution in [-0.2, 0) is 0 Å². The number of hydrogen-bond acceptors (Lipinski definition) is 2. The van der Waals surface area contributed by atoms with Gasteiger partial charge in [0.1, 0.15) is 5.75 Å². The molecule has 3 atom stereocenters. The van der Waals surface area contributed by atoms with Gasteiger partial charge >= 0.3 is 0 Å². The Kier molecular flexibility index (Phi) is 6.50. The molecule has 0 saturated heterocycles. The molecular weight excluding hydrogens is 332 g/mol. The number of rotatable bonds is 5. The molecule has 0 amide bonds. The molecule has 150 valence electrons. The van der Waals surface area contributed by atoms with E-state index in [1.807, 2.05) is 19.9 Å². The van der Waals surface area contributed by atoms with Crippen LogP contribution in [0.3, 0.4) is 0 Å². The smallest absolute Gasteiger partial charge is 0.121 e. The highest BCUT2D eigenvalue weighted by atomic mass is 16.3. The van der Waals surface area contributed by atoms with E-state index in [1.165, 1.54) is 5.57 Å². The Balaban J connectivity index is 2.49. The Morgan fingerprint density at radius 1 is 1.07 bits per heavy atom. The zero-order chi connectivity index (χ0) is 20.5. The first-order chi connectivity index (χ1) is 12.4. The van der Waals surface area contributed by atoms with Gasteiger partial charge in [-0.1, -0.05) is 57.0 Å². The summed E-state index contributed by atoms with van der Waals surface area (Å²) >= 11 is 0. The molecule has 0 fully saturated rings. The van der Waals surface area contributed by atoms with Crippen LogP contribution in [0.2, 0.25) is 0 Å². The van der Waals surface area contributed by atoms with Crippen molar-refractivity contribution in [2.75, 3.05) is 0 Å². The lowest BCUT2D eigenvalue weighted by Crippen LogP contribution is -2.23. The van der Waals surface area contributed by atoms with Crippen molar-refractivity contribution < 1.29 is 10.2 Å². The van der Waals surface area contributed by atoms with E-state index in [-0.39, 0.29) is 17.3 Å². The summed E-state index contributed by atoms with van der Waals surface area (Å²) in [5.74, 6) is 1.54. The van der Waals surface area contributed by atoms with Gasteiger partial charge in [0.15, 0.2) is 0 Å². The maximum absolute atomic E-state index is 10.9. The van der Waals surface area contributed by atoms with Gasteiger partial charge < -0.3 is 10.2 Å². The van der Waals surface area contributed by atoms with Crippen molar-refractivity contribution in [2.45, 2.75) is 80.6 Å². The third kappa shape index (κ3) is 5.40. The monoisotopic (exact) mass is 370 g/mol. The van der Waals surface area contributed by atoms with E-state index in [9.17, 15) is 10.2 Å². The summed E-state index contributed by atoms with van der Waals surface area (Å²) in [7, 11) is 0. The molecule has 1 aliphatic carbocycles. The van der Waals surface area contributed by atoms with Gasteiger partial charge in [-0.15, -0.1) is 0 Å². The second-order valence-electron chi connectivity index (χ2n) is 10.1. The van der Waals surface area contributed by atoms with E-state index in [4.69, 9.17) is 0 Å². The average molecular weight is 371 g/mol. The predicted molar refractivity (Wildman–Crippen MR) is 115 cm³/mol. The molecule has 0 bridgehead atoms. The van der Waals surface area contributed by atoms with E-state index in [0.29, 0.717) is 17.4 Å². The lowest BCUT2D eigenvalue weighted by Gasteiger charge is -2.34. The average Bonchev–Trinajstić information content (AvgIpc) is 2.50. The minimum atomic E-state index is 0.0320. The molecule has 2 N–H and O–H groups in total. The number of benzene rings is 1. The van der Waals surface area contributed by atoms with Gasteiger partial charge in [-0.25, -0.2) is 0 Å². The van der Waals surface area contributed by atoms with Gasteiger partial charge in [0.25, 0.3) is 0 Å². The van der Waals surface area contributed by atoms with Crippen LogP contribution in [-0.4, -0.2) is 10.2 Å². The quantitative estimate of drug-likeness (QED) is 0.568. The Hall–Kier alpha value is -1.70. The lowest BCUT2D eigenvalue weighted by atomic mass is 9.71. The number of aromatic hydroxyl groups is 1. The number of allylic oxidation sites excluding steroid dienone is 4. The number of aliphatic hydroxyl groups excluding tert-OH is 1. The van der Waals surface area contributed by atoms with E-state index < -0.39 is 0 Å². The molecule has 2 heteroatoms. The SMILES string of the molecule is CC1=CC(C)=C(O)C(C(CC(C)CC(C)(C)C)c2cc(C)cc(C)c2O)C1. The first-order valence-corrected chi connectivity index (χ1v) is 10.3. The van der Waals surface area contributed by atoms with Crippen molar-refractivity contribution in [3.63, 3.8) is 0 Å². The molecular formula is C25H38O2. The summed E-state index contributed by atoms with van der Waals surface area (Å²) < 4.78 is 0. The predicted octanol–water partition coefficient (Wildman–Crippen LogP) is 7.35. The summed E-state index contributed by atoms with van der Waals surface area (Å²) in [4.78, 5) is 0. The van der Waals surface area contributed by atoms with Gasteiger partial charge in [0.05, 0.1) is 5.76 Å². The van der Waals surface area contributed by atoms with Crippen LogP contribution >= 0.6 is 0 Å². The summed E-state index contributed by atoms with van der Waals surface area (Å²) in [6.45, 7) is 17.3. The van der Waals surface area contributed by atoms with Crippen LogP contribution in [0.5, 0.6) is 5.75 Å². The third-order valence-electron chi connectivity index (χ3n) is 5.74. The zero-order valence-electron chi connectivity index (χ0n) is 18.5. The van der Waals surface area contributed by atoms with Crippen molar-refractivity contribution in [2.24, 2.45) is 17.3 Å². The standard InChI is InChI=1S/C25H38O2/c1-15-9-18(4)23(26)21(11-15)20(13-17(3)14-25(6,7)8)22-12-16(2)10-19(5)24(22)27/h9-11,17,20,22,26-27H,12-14H2,1-8H3. The minimum Gasteiger partial charge on any atom is -0.512 e. The number of aryl methyl sites for hydroxylation is 2. The zero-order valence-corrected chi connectivity index (χ0v) is 18.5. The summed E-state index contributed by atoms with van der Waals surface area (Å²) in [6, 6.07) is 4.15. The van der Waals surface area contributed by atoms with Crippen molar-refractivity contribution in [1.82, 2.24) is 0 Å². The number of phenols is 1. The van der Waals surface area contributed by atoms with Crippen molar-refractivity contribution in [3.05, 3.63) is 51.8 Å². The van der Waals surface area contributed by atoms with Gasteiger partial charge in [-0.05, 0) is 80.9 Å². The number of aliphatic hydroxyl groups is 1. The summed E-state index contributed by atoms with van der Waals surface area (Å²) in [6.07, 6.45) is 5.02. The normalized spacial score (nSPS) is 20.4. The fourth-order valence-electron chi connectivity index (χ4n) is 4.92. The molecule has 1 aliphatic rings. The van der Waals surface area contributed by atoms with Gasteiger partial charge in [-0.2, -0.15) is 0 Å². The van der Waals surface area contributed by atoms with Crippen LogP contribution in [0.4, 0.5) is 0 Å². The molecule has 2 rings (SSSR count). The Morgan fingerprint density at radius 3 is 2.30 bits per heavy atom. The largest absolute Gasteiger partial charge is 0.512 e. The second kappa shape index (κ2) is 8.12. The molecule has 27 heavy (non-hydrogen) atoms. The number of hydrogen-bond donors (Lipinski definition) is 2. The first kappa shape index (κ1) is 21.6. The summed E-state index contributed by atoms with van der Waals surface area (Å²) in [5, 5.41) is 21.8. The van der Waals surface area contributed by atoms with Crippen LogP contribution in [0, 0.1) is 31.1 Å². The first-order valence-electron chi connectivity index (χ1n) is 10.3. The molecule has 0 aromatic heterocycles. The minimum absolute atomic E-state index is 0.0320. The molecule has 3 unspecified atom stereocenters. The molecule has 0 heterocycles. The lowest BCUT2D eigenvalue weighted by molar-refractivity contribution is 0.236. The molecule has 0 aliphatic heterocycles. The second-order valence-corrected chi connectivity index (χ2v) is 10.1. The molecule has 2 nitrogen and oxygen atoms in total. The summed E-state index contributed by atoms with van der Waals surface area (Å²) in [5.41, 5.74) is 5.60. The topological polar surface area (TPSA) is 40.5 Å². The van der Waals surface area contributed by atoms with E-state index >= 15 is 0 Å². The Bertz CT molecular complexity index is 746. The van der Waals surface area contributed by atoms with Gasteiger partial charge in [-0.3, -0.25) is 0 Å². The van der Waals surface area contributed by atoms with Crippen LogP contribution in [0.1, 0.15) is 83.4 Å². The fourth-order valence-corrected chi connectivity index (χ4v) is 4.92. The number of phenolic OH excluding ortho intramolecular Hbond substituents is 1. The maximum Gasteiger partial charge on any atom is 0.121 e. The van der Waals surface area contributed by atoms with E-state index in [1.54, 1.807) is 0 Å². The fraction of sp³-hybridized carbons (Fsp3) is 0.600. The highest BCUT2D eigenvalue weighted by Gasteiger charge is 2.33. The maximum atomic E-state index is 10.9. The van der Waals surface area contributed by atoms with Crippen molar-refractivity contribution in [1.29, 1.82) is 0 Å².